The molecule has 2 N–H and O–H groups in total. The van der Waals surface area contributed by atoms with Crippen LogP contribution in [0.5, 0.6) is 0 Å². The fraction of sp³-hybridized carbons (Fsp3) is 0.545. The van der Waals surface area contributed by atoms with Crippen LogP contribution in [0.3, 0.4) is 0 Å². The molecule has 0 aromatic carbocycles. The highest BCUT2D eigenvalue weighted by Gasteiger charge is 2.24. The largest absolute Gasteiger partial charge is 0.481 e. The minimum absolute atomic E-state index is 0.192. The highest BCUT2D eigenvalue weighted by Crippen LogP contribution is 2.34. The van der Waals surface area contributed by atoms with Crippen LogP contribution in [-0.4, -0.2) is 21.0 Å². The van der Waals surface area contributed by atoms with Crippen molar-refractivity contribution in [2.24, 2.45) is 0 Å². The lowest BCUT2D eigenvalue weighted by Gasteiger charge is -2.24. The summed E-state index contributed by atoms with van der Waals surface area (Å²) < 4.78 is 0. The molecule has 5 nitrogen and oxygen atoms in total. The molecule has 86 valence electrons. The summed E-state index contributed by atoms with van der Waals surface area (Å²) in [6.45, 7) is 1.50. The van der Waals surface area contributed by atoms with Crippen LogP contribution < -0.4 is 5.56 Å². The van der Waals surface area contributed by atoms with Gasteiger partial charge in [0, 0.05) is 11.8 Å². The Morgan fingerprint density at radius 1 is 1.62 bits per heavy atom. The number of hydrogen-bond donors (Lipinski definition) is 2. The predicted octanol–water partition coefficient (Wildman–Crippen LogP) is 1.23. The van der Waals surface area contributed by atoms with Crippen molar-refractivity contribution >= 4 is 5.97 Å². The van der Waals surface area contributed by atoms with E-state index in [4.69, 9.17) is 5.11 Å². The quantitative estimate of drug-likeness (QED) is 0.805. The molecule has 16 heavy (non-hydrogen) atoms. The van der Waals surface area contributed by atoms with Gasteiger partial charge in [-0.2, -0.15) is 0 Å². The molecule has 0 saturated heterocycles. The number of carboxylic acid groups (broad SMARTS) is 1. The van der Waals surface area contributed by atoms with Crippen LogP contribution in [0.4, 0.5) is 0 Å². The zero-order chi connectivity index (χ0) is 11.7. The van der Waals surface area contributed by atoms with Gasteiger partial charge in [0.2, 0.25) is 0 Å². The van der Waals surface area contributed by atoms with Gasteiger partial charge in [0.15, 0.2) is 0 Å². The number of rotatable bonds is 3. The number of aliphatic carboxylic acids is 1. The van der Waals surface area contributed by atoms with Crippen LogP contribution >= 0.6 is 0 Å². The zero-order valence-corrected chi connectivity index (χ0v) is 9.06. The maximum absolute atomic E-state index is 11.7. The summed E-state index contributed by atoms with van der Waals surface area (Å²) in [5, 5.41) is 8.80. The number of hydrogen-bond acceptors (Lipinski definition) is 3. The Kier molecular flexibility index (Phi) is 2.77. The van der Waals surface area contributed by atoms with Crippen molar-refractivity contribution in [1.29, 1.82) is 0 Å². The first-order chi connectivity index (χ1) is 7.59. The van der Waals surface area contributed by atoms with Crippen molar-refractivity contribution in [3.05, 3.63) is 27.9 Å². The van der Waals surface area contributed by atoms with Crippen molar-refractivity contribution < 1.29 is 9.90 Å². The Morgan fingerprint density at radius 2 is 2.31 bits per heavy atom. The van der Waals surface area contributed by atoms with Gasteiger partial charge in [-0.3, -0.25) is 9.59 Å². The maximum atomic E-state index is 11.7. The van der Waals surface area contributed by atoms with Crippen LogP contribution in [0.1, 0.15) is 49.4 Å². The zero-order valence-electron chi connectivity index (χ0n) is 9.06. The number of aromatic amines is 1. The van der Waals surface area contributed by atoms with Crippen molar-refractivity contribution in [1.82, 2.24) is 9.97 Å². The molecule has 1 unspecified atom stereocenters. The molecule has 5 heteroatoms. The van der Waals surface area contributed by atoms with Gasteiger partial charge in [0.1, 0.15) is 11.7 Å². The molecule has 1 heterocycles. The number of carbonyl (C=O) groups is 1. The van der Waals surface area contributed by atoms with Gasteiger partial charge in [-0.05, 0) is 25.7 Å². The van der Waals surface area contributed by atoms with Gasteiger partial charge in [-0.15, -0.1) is 0 Å². The number of nitrogens with one attached hydrogen (secondary N) is 1. The van der Waals surface area contributed by atoms with E-state index in [1.807, 2.05) is 0 Å². The first-order valence-electron chi connectivity index (χ1n) is 5.41. The second-order valence-corrected chi connectivity index (χ2v) is 4.24. The van der Waals surface area contributed by atoms with E-state index in [2.05, 4.69) is 9.97 Å². The third-order valence-electron chi connectivity index (χ3n) is 3.17. The van der Waals surface area contributed by atoms with E-state index in [1.54, 1.807) is 0 Å². The first kappa shape index (κ1) is 10.9. The standard InChI is InChI=1S/C11H14N2O3/c1-6(11(15)16)9-12-5-8(10(14)13-9)7-3-2-4-7/h5-7H,2-4H2,1H3,(H,15,16)(H,12,13,14). The molecule has 1 aromatic rings. The van der Waals surface area contributed by atoms with Crippen molar-refractivity contribution in [3.8, 4) is 0 Å². The average molecular weight is 222 g/mol. The van der Waals surface area contributed by atoms with E-state index >= 15 is 0 Å². The van der Waals surface area contributed by atoms with Crippen molar-refractivity contribution in [2.45, 2.75) is 38.0 Å². The van der Waals surface area contributed by atoms with Crippen LogP contribution in [0.25, 0.3) is 0 Å². The van der Waals surface area contributed by atoms with E-state index in [-0.39, 0.29) is 11.4 Å². The van der Waals surface area contributed by atoms with Gasteiger partial charge in [0.05, 0.1) is 0 Å². The normalized spacial score (nSPS) is 17.8. The first-order valence-corrected chi connectivity index (χ1v) is 5.41. The van der Waals surface area contributed by atoms with Crippen LogP contribution in [0, 0.1) is 0 Å². The third kappa shape index (κ3) is 1.85. The highest BCUT2D eigenvalue weighted by atomic mass is 16.4. The highest BCUT2D eigenvalue weighted by molar-refractivity contribution is 5.74. The lowest BCUT2D eigenvalue weighted by atomic mass is 9.81. The summed E-state index contributed by atoms with van der Waals surface area (Å²) in [5.74, 6) is -1.23. The number of carboxylic acids is 1. The van der Waals surface area contributed by atoms with Crippen molar-refractivity contribution in [3.63, 3.8) is 0 Å². The summed E-state index contributed by atoms with van der Waals surface area (Å²) in [4.78, 5) is 29.0. The van der Waals surface area contributed by atoms with Gasteiger partial charge in [-0.1, -0.05) is 6.42 Å². The van der Waals surface area contributed by atoms with E-state index in [0.29, 0.717) is 11.5 Å². The molecular weight excluding hydrogens is 208 g/mol. The van der Waals surface area contributed by atoms with Crippen LogP contribution in [0.2, 0.25) is 0 Å². The molecule has 1 aliphatic rings. The SMILES string of the molecule is CC(C(=O)O)c1ncc(C2CCC2)c(=O)[nH]1. The maximum Gasteiger partial charge on any atom is 0.313 e. The molecule has 1 fully saturated rings. The second kappa shape index (κ2) is 4.08. The van der Waals surface area contributed by atoms with Gasteiger partial charge in [0.25, 0.3) is 5.56 Å². The monoisotopic (exact) mass is 222 g/mol. The molecule has 0 radical (unpaired) electrons. The molecule has 1 atom stereocenters. The van der Waals surface area contributed by atoms with E-state index < -0.39 is 11.9 Å². The topological polar surface area (TPSA) is 83.0 Å². The number of aromatic nitrogens is 2. The molecule has 1 aromatic heterocycles. The van der Waals surface area contributed by atoms with Crippen LogP contribution in [-0.2, 0) is 4.79 Å². The summed E-state index contributed by atoms with van der Waals surface area (Å²) in [5.41, 5.74) is 0.496. The Balaban J connectivity index is 2.28. The van der Waals surface area contributed by atoms with Crippen LogP contribution in [0.15, 0.2) is 11.0 Å². The molecule has 0 amide bonds. The number of H-pyrrole nitrogens is 1. The summed E-state index contributed by atoms with van der Waals surface area (Å²) >= 11 is 0. The summed E-state index contributed by atoms with van der Waals surface area (Å²) in [6, 6.07) is 0. The fourth-order valence-corrected chi connectivity index (χ4v) is 1.77. The molecule has 1 saturated carbocycles. The Bertz CT molecular complexity index is 463. The van der Waals surface area contributed by atoms with E-state index in [1.165, 1.54) is 13.1 Å². The summed E-state index contributed by atoms with van der Waals surface area (Å²) in [7, 11) is 0. The second-order valence-electron chi connectivity index (χ2n) is 4.24. The fourth-order valence-electron chi connectivity index (χ4n) is 1.77. The molecule has 0 bridgehead atoms. The van der Waals surface area contributed by atoms with Gasteiger partial charge in [-0.25, -0.2) is 4.98 Å². The lowest BCUT2D eigenvalue weighted by Crippen LogP contribution is -2.24. The van der Waals surface area contributed by atoms with E-state index in [9.17, 15) is 9.59 Å². The minimum Gasteiger partial charge on any atom is -0.481 e. The van der Waals surface area contributed by atoms with E-state index in [0.717, 1.165) is 19.3 Å². The third-order valence-corrected chi connectivity index (χ3v) is 3.17. The Morgan fingerprint density at radius 3 is 2.75 bits per heavy atom. The Labute approximate surface area is 92.5 Å². The molecule has 1 aliphatic carbocycles. The molecule has 2 rings (SSSR count). The smallest absolute Gasteiger partial charge is 0.313 e. The molecule has 0 spiro atoms. The molecular formula is C11H14N2O3. The minimum atomic E-state index is -0.987. The average Bonchev–Trinajstić information content (AvgIpc) is 2.17. The lowest BCUT2D eigenvalue weighted by molar-refractivity contribution is -0.138. The number of nitrogens with zero attached hydrogens (tertiary/aromatic N) is 1. The van der Waals surface area contributed by atoms with Gasteiger partial charge >= 0.3 is 5.97 Å². The Hall–Kier alpha value is -1.65. The van der Waals surface area contributed by atoms with Crippen molar-refractivity contribution in [2.75, 3.05) is 0 Å². The van der Waals surface area contributed by atoms with Gasteiger partial charge < -0.3 is 10.1 Å². The molecule has 0 aliphatic heterocycles. The summed E-state index contributed by atoms with van der Waals surface area (Å²) in [6.07, 6.45) is 4.73. The predicted molar refractivity (Wildman–Crippen MR) is 57.5 cm³/mol.